The highest BCUT2D eigenvalue weighted by Gasteiger charge is 2.29. The van der Waals surface area contributed by atoms with Crippen LogP contribution in [0.1, 0.15) is 66.5 Å². The highest BCUT2D eigenvalue weighted by Crippen LogP contribution is 2.34. The van der Waals surface area contributed by atoms with Gasteiger partial charge >= 0.3 is 0 Å². The van der Waals surface area contributed by atoms with Crippen LogP contribution < -0.4 is 0 Å². The summed E-state index contributed by atoms with van der Waals surface area (Å²) in [5.41, 5.74) is 3.12. The van der Waals surface area contributed by atoms with E-state index in [0.717, 1.165) is 0 Å². The molecule has 0 nitrogen and oxygen atoms in total. The first-order valence-corrected chi connectivity index (χ1v) is 11.9. The molecule has 3 rings (SSSR count). The molecule has 0 amide bonds. The first-order chi connectivity index (χ1) is 13.7. The van der Waals surface area contributed by atoms with Gasteiger partial charge in [-0.15, -0.1) is 0 Å². The van der Waals surface area contributed by atoms with Gasteiger partial charge in [0.15, 0.2) is 14.7 Å². The Hall–Kier alpha value is -1.99. The fraction of sp³-hybridized carbons (Fsp3) is 0.357. The van der Waals surface area contributed by atoms with Gasteiger partial charge in [-0.3, -0.25) is 0 Å². The van der Waals surface area contributed by atoms with Crippen molar-refractivity contribution in [1.29, 1.82) is 0 Å². The molecule has 154 valence electrons. The first kappa shape index (κ1) is 23.3. The van der Waals surface area contributed by atoms with E-state index in [1.165, 1.54) is 25.8 Å². The van der Waals surface area contributed by atoms with E-state index in [2.05, 4.69) is 120 Å². The fourth-order valence-corrected chi connectivity index (χ4v) is 5.21. The highest BCUT2D eigenvalue weighted by molar-refractivity contribution is 7.97. The van der Waals surface area contributed by atoms with Gasteiger partial charge in [-0.25, -0.2) is 0 Å². The van der Waals surface area contributed by atoms with E-state index in [0.29, 0.717) is 0 Å². The molecular weight excluding hydrogens is 368 g/mol. The molecule has 29 heavy (non-hydrogen) atoms. The van der Waals surface area contributed by atoms with Gasteiger partial charge in [-0.05, 0) is 58.4 Å². The largest absolute Gasteiger partial charge is 0.166 e. The molecule has 0 saturated heterocycles. The minimum atomic E-state index is -0.0847. The van der Waals surface area contributed by atoms with Crippen LogP contribution in [-0.4, -0.2) is 0 Å². The number of hydrogen-bond acceptors (Lipinski definition) is 0. The molecule has 0 heterocycles. The lowest BCUT2D eigenvalue weighted by Crippen LogP contribution is -2.12. The minimum absolute atomic E-state index is 0.0847. The first-order valence-electron chi connectivity index (χ1n) is 10.7. The summed E-state index contributed by atoms with van der Waals surface area (Å²) in [7, 11) is -0.0847. The van der Waals surface area contributed by atoms with E-state index in [-0.39, 0.29) is 21.7 Å². The molecule has 0 saturated carbocycles. The molecule has 1 heteroatoms. The average molecular weight is 406 g/mol. The SMILES string of the molecule is CC.CC(C)(C)c1ccc([S+](c2ccccc2)c2ccc(C(C)(C)C)cc2)cc1. The summed E-state index contributed by atoms with van der Waals surface area (Å²) in [5, 5.41) is 0. The zero-order valence-corrected chi connectivity index (χ0v) is 20.2. The summed E-state index contributed by atoms with van der Waals surface area (Å²) in [4.78, 5) is 4.11. The van der Waals surface area contributed by atoms with Crippen LogP contribution in [0.25, 0.3) is 0 Å². The van der Waals surface area contributed by atoms with Crippen LogP contribution >= 0.6 is 0 Å². The van der Waals surface area contributed by atoms with Crippen molar-refractivity contribution in [3.05, 3.63) is 90.0 Å². The van der Waals surface area contributed by atoms with Crippen LogP contribution in [0.5, 0.6) is 0 Å². The van der Waals surface area contributed by atoms with E-state index >= 15 is 0 Å². The molecule has 3 aromatic carbocycles. The van der Waals surface area contributed by atoms with Crippen molar-refractivity contribution in [3.63, 3.8) is 0 Å². The van der Waals surface area contributed by atoms with Crippen LogP contribution in [0.2, 0.25) is 0 Å². The summed E-state index contributed by atoms with van der Waals surface area (Å²) >= 11 is 0. The number of hydrogen-bond donors (Lipinski definition) is 0. The molecule has 0 aliphatic heterocycles. The van der Waals surface area contributed by atoms with Crippen LogP contribution in [-0.2, 0) is 21.7 Å². The van der Waals surface area contributed by atoms with Crippen molar-refractivity contribution in [2.24, 2.45) is 0 Å². The predicted octanol–water partition coefficient (Wildman–Crippen LogP) is 8.40. The Labute approximate surface area is 181 Å². The molecule has 3 aromatic rings. The third-order valence-electron chi connectivity index (χ3n) is 4.89. The quantitative estimate of drug-likeness (QED) is 0.384. The Morgan fingerprint density at radius 1 is 0.448 bits per heavy atom. The molecule has 0 aliphatic carbocycles. The second kappa shape index (κ2) is 9.67. The molecule has 0 unspecified atom stereocenters. The highest BCUT2D eigenvalue weighted by atomic mass is 32.2. The lowest BCUT2D eigenvalue weighted by atomic mass is 9.87. The number of rotatable bonds is 3. The Kier molecular flexibility index (Phi) is 7.77. The van der Waals surface area contributed by atoms with Crippen molar-refractivity contribution >= 4 is 10.9 Å². The van der Waals surface area contributed by atoms with Crippen LogP contribution in [0.15, 0.2) is 93.5 Å². The molecule has 0 radical (unpaired) electrons. The van der Waals surface area contributed by atoms with Crippen LogP contribution in [0.3, 0.4) is 0 Å². The van der Waals surface area contributed by atoms with E-state index in [1.807, 2.05) is 13.8 Å². The zero-order valence-electron chi connectivity index (χ0n) is 19.4. The van der Waals surface area contributed by atoms with Gasteiger partial charge < -0.3 is 0 Å². The summed E-state index contributed by atoms with van der Waals surface area (Å²) in [6, 6.07) is 29.3. The minimum Gasteiger partial charge on any atom is -0.0683 e. The van der Waals surface area contributed by atoms with Gasteiger partial charge in [0.05, 0.1) is 10.9 Å². The number of benzene rings is 3. The zero-order chi connectivity index (χ0) is 21.7. The standard InChI is InChI=1S/C26H31S.C2H6/c1-25(2,3)20-12-16-23(17-13-20)27(22-10-8-7-9-11-22)24-18-14-21(15-19-24)26(4,5)6;1-2/h7-19H,1-6H3;1-2H3/q+1;. The van der Waals surface area contributed by atoms with Crippen molar-refractivity contribution < 1.29 is 0 Å². The third-order valence-corrected chi connectivity index (χ3v) is 7.12. The predicted molar refractivity (Wildman–Crippen MR) is 130 cm³/mol. The van der Waals surface area contributed by atoms with Gasteiger partial charge in [0.2, 0.25) is 0 Å². The maximum Gasteiger partial charge on any atom is 0.166 e. The molecule has 0 N–H and O–H groups in total. The lowest BCUT2D eigenvalue weighted by molar-refractivity contribution is 0.589. The van der Waals surface area contributed by atoms with E-state index in [1.54, 1.807) is 0 Å². The molecule has 0 aliphatic rings. The molecule has 0 spiro atoms. The summed E-state index contributed by atoms with van der Waals surface area (Å²) in [6.07, 6.45) is 0. The van der Waals surface area contributed by atoms with E-state index in [4.69, 9.17) is 0 Å². The lowest BCUT2D eigenvalue weighted by Gasteiger charge is -2.20. The molecule has 0 aromatic heterocycles. The summed E-state index contributed by atoms with van der Waals surface area (Å²) < 4.78 is 0. The van der Waals surface area contributed by atoms with Crippen molar-refractivity contribution in [2.75, 3.05) is 0 Å². The Morgan fingerprint density at radius 2 is 0.759 bits per heavy atom. The molecule has 0 atom stereocenters. The van der Waals surface area contributed by atoms with Gasteiger partial charge in [0.1, 0.15) is 0 Å². The second-order valence-corrected chi connectivity index (χ2v) is 11.2. The normalized spacial score (nSPS) is 11.8. The van der Waals surface area contributed by atoms with Crippen molar-refractivity contribution in [2.45, 2.75) is 80.9 Å². The third kappa shape index (κ3) is 6.00. The Morgan fingerprint density at radius 3 is 1.07 bits per heavy atom. The summed E-state index contributed by atoms with van der Waals surface area (Å²) in [6.45, 7) is 17.6. The topological polar surface area (TPSA) is 0 Å². The van der Waals surface area contributed by atoms with Gasteiger partial charge in [0.25, 0.3) is 0 Å². The van der Waals surface area contributed by atoms with Crippen molar-refractivity contribution in [1.82, 2.24) is 0 Å². The molecule has 0 fully saturated rings. The van der Waals surface area contributed by atoms with Crippen molar-refractivity contribution in [3.8, 4) is 0 Å². The maximum absolute atomic E-state index is 2.31. The van der Waals surface area contributed by atoms with E-state index < -0.39 is 0 Å². The van der Waals surface area contributed by atoms with Gasteiger partial charge in [-0.1, -0.05) is 97.9 Å². The molecule has 0 bridgehead atoms. The van der Waals surface area contributed by atoms with Crippen LogP contribution in [0, 0.1) is 0 Å². The Bertz CT molecular complexity index is 803. The fourth-order valence-electron chi connectivity index (χ4n) is 3.15. The van der Waals surface area contributed by atoms with Crippen LogP contribution in [0.4, 0.5) is 0 Å². The average Bonchev–Trinajstić information content (AvgIpc) is 2.70. The second-order valence-electron chi connectivity index (χ2n) is 9.17. The van der Waals surface area contributed by atoms with E-state index in [9.17, 15) is 0 Å². The monoisotopic (exact) mass is 405 g/mol. The maximum atomic E-state index is 2.31. The van der Waals surface area contributed by atoms with Gasteiger partial charge in [0, 0.05) is 0 Å². The summed E-state index contributed by atoms with van der Waals surface area (Å²) in [5.74, 6) is 0. The smallest absolute Gasteiger partial charge is 0.0683 e. The Balaban J connectivity index is 0.00000145. The van der Waals surface area contributed by atoms with Gasteiger partial charge in [-0.2, -0.15) is 0 Å². The molecular formula is C28H37S+.